The van der Waals surface area contributed by atoms with Crippen LogP contribution in [0.4, 0.5) is 0 Å². The minimum atomic E-state index is 0.125. The average Bonchev–Trinajstić information content (AvgIpc) is 3.05. The third-order valence-electron chi connectivity index (χ3n) is 4.52. The molecule has 1 aromatic heterocycles. The molecule has 5 nitrogen and oxygen atoms in total. The summed E-state index contributed by atoms with van der Waals surface area (Å²) in [7, 11) is 0. The van der Waals surface area contributed by atoms with Gasteiger partial charge in [-0.1, -0.05) is 30.3 Å². The number of aromatic nitrogens is 2. The summed E-state index contributed by atoms with van der Waals surface area (Å²) in [6.45, 7) is 10.0. The van der Waals surface area contributed by atoms with Crippen LogP contribution in [-0.4, -0.2) is 53.5 Å². The number of nitrogens with one attached hydrogen (secondary N) is 2. The Morgan fingerprint density at radius 2 is 1.96 bits per heavy atom. The number of hydrogen-bond donors (Lipinski definition) is 2. The highest BCUT2D eigenvalue weighted by Gasteiger charge is 2.27. The predicted octanol–water partition coefficient (Wildman–Crippen LogP) is 2.28. The zero-order chi connectivity index (χ0) is 16.1. The van der Waals surface area contributed by atoms with E-state index in [1.807, 2.05) is 12.3 Å². The molecule has 1 aromatic carbocycles. The van der Waals surface area contributed by atoms with Gasteiger partial charge >= 0.3 is 0 Å². The quantitative estimate of drug-likeness (QED) is 0.859. The fraction of sp³-hybridized carbons (Fsp3) is 0.500. The Hall–Kier alpha value is -1.69. The van der Waals surface area contributed by atoms with Crippen LogP contribution in [0.1, 0.15) is 19.4 Å². The van der Waals surface area contributed by atoms with E-state index in [0.717, 1.165) is 45.1 Å². The van der Waals surface area contributed by atoms with Gasteiger partial charge in [0.1, 0.15) is 0 Å². The van der Waals surface area contributed by atoms with Gasteiger partial charge in [-0.2, -0.15) is 5.10 Å². The van der Waals surface area contributed by atoms with E-state index >= 15 is 0 Å². The van der Waals surface area contributed by atoms with Crippen molar-refractivity contribution in [1.82, 2.24) is 20.4 Å². The fourth-order valence-electron chi connectivity index (χ4n) is 3.08. The smallest absolute Gasteiger partial charge is 0.0695 e. The Morgan fingerprint density at radius 1 is 1.22 bits per heavy atom. The SMILES string of the molecule is CC(C)(CNCc1cn[nH]c1-c1ccccc1)N1CCOCC1. The second-order valence-electron chi connectivity index (χ2n) is 6.65. The van der Waals surface area contributed by atoms with E-state index in [4.69, 9.17) is 4.74 Å². The number of hydrogen-bond acceptors (Lipinski definition) is 4. The summed E-state index contributed by atoms with van der Waals surface area (Å²) in [6.07, 6.45) is 1.91. The van der Waals surface area contributed by atoms with E-state index in [0.29, 0.717) is 0 Å². The molecule has 0 atom stereocenters. The first-order valence-electron chi connectivity index (χ1n) is 8.28. The van der Waals surface area contributed by atoms with Crippen LogP contribution in [0.25, 0.3) is 11.3 Å². The van der Waals surface area contributed by atoms with Crippen LogP contribution in [0.3, 0.4) is 0 Å². The maximum absolute atomic E-state index is 5.45. The van der Waals surface area contributed by atoms with E-state index in [1.54, 1.807) is 0 Å². The Morgan fingerprint density at radius 3 is 2.70 bits per heavy atom. The predicted molar refractivity (Wildman–Crippen MR) is 92.2 cm³/mol. The molecule has 0 unspecified atom stereocenters. The van der Waals surface area contributed by atoms with Crippen LogP contribution < -0.4 is 5.32 Å². The molecule has 5 heteroatoms. The molecule has 2 aromatic rings. The lowest BCUT2D eigenvalue weighted by atomic mass is 10.0. The number of ether oxygens (including phenoxy) is 1. The standard InChI is InChI=1S/C18H26N4O/c1-18(2,22-8-10-23-11-9-22)14-19-12-16-13-20-21-17(16)15-6-4-3-5-7-15/h3-7,13,19H,8-12,14H2,1-2H3,(H,20,21). The highest BCUT2D eigenvalue weighted by atomic mass is 16.5. The third-order valence-corrected chi connectivity index (χ3v) is 4.52. The van der Waals surface area contributed by atoms with Crippen molar-refractivity contribution in [2.75, 3.05) is 32.8 Å². The van der Waals surface area contributed by atoms with Crippen LogP contribution in [0.5, 0.6) is 0 Å². The molecule has 1 fully saturated rings. The number of benzene rings is 1. The van der Waals surface area contributed by atoms with Gasteiger partial charge in [0.05, 0.1) is 25.1 Å². The molecule has 0 amide bonds. The van der Waals surface area contributed by atoms with Gasteiger partial charge in [-0.05, 0) is 19.4 Å². The summed E-state index contributed by atoms with van der Waals surface area (Å²) in [5.41, 5.74) is 3.60. The lowest BCUT2D eigenvalue weighted by Gasteiger charge is -2.41. The lowest BCUT2D eigenvalue weighted by molar-refractivity contribution is -0.00966. The fourth-order valence-corrected chi connectivity index (χ4v) is 3.08. The first-order valence-corrected chi connectivity index (χ1v) is 8.28. The second-order valence-corrected chi connectivity index (χ2v) is 6.65. The van der Waals surface area contributed by atoms with Gasteiger partial charge in [0, 0.05) is 37.3 Å². The van der Waals surface area contributed by atoms with E-state index in [2.05, 4.69) is 58.5 Å². The van der Waals surface area contributed by atoms with Gasteiger partial charge < -0.3 is 10.1 Å². The zero-order valence-corrected chi connectivity index (χ0v) is 14.0. The van der Waals surface area contributed by atoms with Gasteiger partial charge in [0.25, 0.3) is 0 Å². The molecular weight excluding hydrogens is 288 g/mol. The monoisotopic (exact) mass is 314 g/mol. The van der Waals surface area contributed by atoms with E-state index in [9.17, 15) is 0 Å². The molecule has 23 heavy (non-hydrogen) atoms. The van der Waals surface area contributed by atoms with Crippen molar-refractivity contribution in [2.24, 2.45) is 0 Å². The molecule has 0 saturated carbocycles. The Balaban J connectivity index is 1.58. The number of nitrogens with zero attached hydrogens (tertiary/aromatic N) is 2. The topological polar surface area (TPSA) is 53.2 Å². The van der Waals surface area contributed by atoms with Crippen molar-refractivity contribution in [1.29, 1.82) is 0 Å². The average molecular weight is 314 g/mol. The van der Waals surface area contributed by atoms with Crippen molar-refractivity contribution < 1.29 is 4.74 Å². The first-order chi connectivity index (χ1) is 11.2. The van der Waals surface area contributed by atoms with Gasteiger partial charge in [0.15, 0.2) is 0 Å². The summed E-state index contributed by atoms with van der Waals surface area (Å²) < 4.78 is 5.45. The molecule has 0 radical (unpaired) electrons. The van der Waals surface area contributed by atoms with Gasteiger partial charge in [-0.15, -0.1) is 0 Å². The molecule has 1 aliphatic heterocycles. The van der Waals surface area contributed by atoms with Crippen molar-refractivity contribution in [3.63, 3.8) is 0 Å². The third kappa shape index (κ3) is 3.99. The van der Waals surface area contributed by atoms with Crippen LogP contribution >= 0.6 is 0 Å². The van der Waals surface area contributed by atoms with E-state index < -0.39 is 0 Å². The molecule has 124 valence electrons. The zero-order valence-electron chi connectivity index (χ0n) is 14.0. The first kappa shape index (κ1) is 16.2. The molecule has 0 bridgehead atoms. The van der Waals surface area contributed by atoms with Gasteiger partial charge in [-0.25, -0.2) is 0 Å². The van der Waals surface area contributed by atoms with Crippen molar-refractivity contribution in [3.8, 4) is 11.3 Å². The maximum atomic E-state index is 5.45. The van der Waals surface area contributed by atoms with Crippen molar-refractivity contribution in [2.45, 2.75) is 25.9 Å². The minimum absolute atomic E-state index is 0.125. The highest BCUT2D eigenvalue weighted by molar-refractivity contribution is 5.62. The number of H-pyrrole nitrogens is 1. The molecule has 0 spiro atoms. The summed E-state index contributed by atoms with van der Waals surface area (Å²) in [5.74, 6) is 0. The molecule has 3 rings (SSSR count). The molecule has 1 aliphatic rings. The molecule has 0 aliphatic carbocycles. The number of rotatable bonds is 6. The maximum Gasteiger partial charge on any atom is 0.0695 e. The molecular formula is C18H26N4O. The van der Waals surface area contributed by atoms with Crippen molar-refractivity contribution >= 4 is 0 Å². The molecule has 2 N–H and O–H groups in total. The van der Waals surface area contributed by atoms with Gasteiger partial charge in [-0.3, -0.25) is 10.00 Å². The summed E-state index contributed by atoms with van der Waals surface area (Å²) in [6, 6.07) is 10.3. The number of morpholine rings is 1. The van der Waals surface area contributed by atoms with Crippen LogP contribution in [0.2, 0.25) is 0 Å². The Kier molecular flexibility index (Phi) is 5.10. The second kappa shape index (κ2) is 7.25. The Labute approximate surface area is 138 Å². The minimum Gasteiger partial charge on any atom is -0.379 e. The normalized spacial score (nSPS) is 16.6. The molecule has 1 saturated heterocycles. The largest absolute Gasteiger partial charge is 0.379 e. The van der Waals surface area contributed by atoms with Crippen LogP contribution in [0.15, 0.2) is 36.5 Å². The summed E-state index contributed by atoms with van der Waals surface area (Å²) in [4.78, 5) is 2.50. The Bertz CT molecular complexity index is 602. The summed E-state index contributed by atoms with van der Waals surface area (Å²) >= 11 is 0. The lowest BCUT2D eigenvalue weighted by Crippen LogP contribution is -2.54. The van der Waals surface area contributed by atoms with E-state index in [1.165, 1.54) is 11.1 Å². The highest BCUT2D eigenvalue weighted by Crippen LogP contribution is 2.21. The van der Waals surface area contributed by atoms with Crippen LogP contribution in [0, 0.1) is 0 Å². The van der Waals surface area contributed by atoms with E-state index in [-0.39, 0.29) is 5.54 Å². The van der Waals surface area contributed by atoms with Crippen LogP contribution in [-0.2, 0) is 11.3 Å². The molecule has 2 heterocycles. The number of aromatic amines is 1. The van der Waals surface area contributed by atoms with Gasteiger partial charge in [0.2, 0.25) is 0 Å². The van der Waals surface area contributed by atoms with Crippen molar-refractivity contribution in [3.05, 3.63) is 42.1 Å². The summed E-state index contributed by atoms with van der Waals surface area (Å²) in [5, 5.41) is 10.9.